The van der Waals surface area contributed by atoms with Gasteiger partial charge in [-0.05, 0) is 42.3 Å². The summed E-state index contributed by atoms with van der Waals surface area (Å²) in [5, 5.41) is 11.1. The van der Waals surface area contributed by atoms with Crippen LogP contribution in [-0.2, 0) is 28.2 Å². The summed E-state index contributed by atoms with van der Waals surface area (Å²) in [6, 6.07) is 0. The summed E-state index contributed by atoms with van der Waals surface area (Å²) in [4.78, 5) is 43.1. The number of esters is 1. The van der Waals surface area contributed by atoms with E-state index in [0.717, 1.165) is 31.0 Å². The summed E-state index contributed by atoms with van der Waals surface area (Å²) < 4.78 is 24.4. The topological polar surface area (TPSA) is 145 Å². The van der Waals surface area contributed by atoms with Gasteiger partial charge in [0.2, 0.25) is 0 Å². The maximum Gasteiger partial charge on any atom is 1.00 e. The first-order valence-corrected chi connectivity index (χ1v) is 15.6. The number of hydrogen-bond acceptors (Lipinski definition) is 10. The van der Waals surface area contributed by atoms with Crippen LogP contribution >= 0.6 is 19.6 Å². The number of carbonyl (C=O) groups excluding carboxylic acids is 2. The monoisotopic (exact) mass is 638 g/mol. The molecule has 41 heavy (non-hydrogen) atoms. The molecular weight excluding hydrogens is 589 g/mol. The van der Waals surface area contributed by atoms with Gasteiger partial charge in [-0.15, -0.1) is 0 Å². The van der Waals surface area contributed by atoms with Crippen LogP contribution in [0.25, 0.3) is 0 Å². The van der Waals surface area contributed by atoms with E-state index in [1.54, 1.807) is 6.92 Å². The molecule has 0 aromatic carbocycles. The van der Waals surface area contributed by atoms with Gasteiger partial charge in [0, 0.05) is 29.4 Å². The molecule has 0 fully saturated rings. The molecule has 0 spiro atoms. The molecule has 0 amide bonds. The van der Waals surface area contributed by atoms with E-state index in [2.05, 4.69) is 51.0 Å². The van der Waals surface area contributed by atoms with E-state index in [1.807, 2.05) is 0 Å². The van der Waals surface area contributed by atoms with Crippen molar-refractivity contribution in [2.24, 2.45) is 0 Å². The zero-order chi connectivity index (χ0) is 29.6. The van der Waals surface area contributed by atoms with Crippen LogP contribution in [0.4, 0.5) is 0 Å². The molecule has 0 saturated carbocycles. The van der Waals surface area contributed by atoms with E-state index in [9.17, 15) is 23.9 Å². The van der Waals surface area contributed by atoms with E-state index < -0.39 is 33.3 Å². The van der Waals surface area contributed by atoms with E-state index in [4.69, 9.17) is 9.84 Å². The number of phosphoric acid groups is 1. The molecule has 9 nitrogen and oxygen atoms in total. The third-order valence-corrected chi connectivity index (χ3v) is 5.86. The Morgan fingerprint density at radius 2 is 1.39 bits per heavy atom. The molecule has 0 aromatic rings. The van der Waals surface area contributed by atoms with Crippen molar-refractivity contribution in [1.82, 2.24) is 0 Å². The number of ether oxygens (including phenoxy) is 2. The maximum absolute atomic E-state index is 11.8. The van der Waals surface area contributed by atoms with Gasteiger partial charge in [-0.2, -0.15) is 0 Å². The van der Waals surface area contributed by atoms with Gasteiger partial charge in [-0.25, -0.2) is 0 Å². The van der Waals surface area contributed by atoms with Gasteiger partial charge in [0.05, 0.1) is 21.0 Å². The number of unbranched alkanes of at least 4 members (excludes halogenated alkanes) is 11. The van der Waals surface area contributed by atoms with Crippen LogP contribution < -0.4 is 68.9 Å². The number of aliphatic hydroxyl groups excluding tert-OH is 1. The largest absolute Gasteiger partial charge is 1.00 e. The van der Waals surface area contributed by atoms with Crippen LogP contribution in [0, 0.1) is 34.9 Å². The molecule has 0 radical (unpaired) electrons. The minimum absolute atomic E-state index is 0. The Labute approximate surface area is 300 Å². The summed E-state index contributed by atoms with van der Waals surface area (Å²) in [5.74, 6) is 12.1. The Morgan fingerprint density at radius 3 is 1.85 bits per heavy atom. The van der Waals surface area contributed by atoms with Crippen molar-refractivity contribution in [2.45, 2.75) is 110 Å². The van der Waals surface area contributed by atoms with Crippen molar-refractivity contribution >= 4 is 30.7 Å². The number of phosphoric ester groups is 1. The van der Waals surface area contributed by atoms with Crippen molar-refractivity contribution in [1.29, 1.82) is 0 Å². The second-order valence-electron chi connectivity index (χ2n) is 8.44. The fraction of sp³-hybridized carbons (Fsp3) is 0.714. The van der Waals surface area contributed by atoms with Crippen molar-refractivity contribution in [3.63, 3.8) is 0 Å². The molecule has 0 aliphatic rings. The first-order valence-electron chi connectivity index (χ1n) is 13.3. The molecule has 0 rings (SSSR count). The Hall–Kier alpha value is 0.200. The summed E-state index contributed by atoms with van der Waals surface area (Å²) in [5.41, 5.74) is 0. The molecule has 228 valence electrons. The third-order valence-electron chi connectivity index (χ3n) is 4.90. The van der Waals surface area contributed by atoms with Crippen LogP contribution in [0.1, 0.15) is 109 Å². The minimum atomic E-state index is -5.15. The maximum atomic E-state index is 11.8. The second-order valence-corrected chi connectivity index (χ2v) is 10.6. The van der Waals surface area contributed by atoms with Crippen molar-refractivity contribution in [3.8, 4) is 34.9 Å². The van der Waals surface area contributed by atoms with Gasteiger partial charge in [-0.3, -0.25) is 9.59 Å². The minimum Gasteiger partial charge on any atom is -0.790 e. The van der Waals surface area contributed by atoms with Gasteiger partial charge in [0.1, 0.15) is 12.9 Å². The Kier molecular flexibility index (Phi) is 42.7. The zero-order valence-electron chi connectivity index (χ0n) is 25.5. The van der Waals surface area contributed by atoms with Crippen molar-refractivity contribution < 1.29 is 106 Å². The van der Waals surface area contributed by atoms with Gasteiger partial charge < -0.3 is 33.5 Å². The number of carbonyl (C=O) groups is 2. The molecule has 1 atom stereocenters. The van der Waals surface area contributed by atoms with Gasteiger partial charge in [0.25, 0.3) is 0 Å². The summed E-state index contributed by atoms with van der Waals surface area (Å²) in [7, 11) is -5.15. The summed E-state index contributed by atoms with van der Waals surface area (Å²) in [6.07, 6.45) is 13.4. The predicted molar refractivity (Wildman–Crippen MR) is 156 cm³/mol. The van der Waals surface area contributed by atoms with E-state index in [0.29, 0.717) is 6.42 Å². The first kappa shape index (κ1) is 48.1. The smallest absolute Gasteiger partial charge is 0.790 e. The normalized spacial score (nSPS) is 10.3. The SMILES string of the molecule is CC#CC#CC#CSC(C)=O.CCCCCCCCCCCCCCC(=O)O[C@@H](COCO)COP(=O)([O-])[O-].[HH].[HH].[HH].[Na+].[Na+]. The molecule has 0 heterocycles. The zero-order valence-corrected chi connectivity index (χ0v) is 31.2. The van der Waals surface area contributed by atoms with Crippen LogP contribution in [0.5, 0.6) is 0 Å². The average Bonchev–Trinajstić information content (AvgIpc) is 2.88. The molecule has 0 aromatic heterocycles. The third kappa shape index (κ3) is 44.8. The number of hydrogen-bond donors (Lipinski definition) is 1. The van der Waals surface area contributed by atoms with Crippen LogP contribution in [0.15, 0.2) is 0 Å². The molecular formula is C28H49Na2O9PS. The molecule has 0 bridgehead atoms. The fourth-order valence-corrected chi connectivity index (χ4v) is 3.67. The van der Waals surface area contributed by atoms with Crippen molar-refractivity contribution in [2.75, 3.05) is 20.0 Å². The predicted octanol–water partition coefficient (Wildman–Crippen LogP) is -1.20. The molecule has 13 heteroatoms. The summed E-state index contributed by atoms with van der Waals surface area (Å²) in [6.45, 7) is 3.90. The second kappa shape index (κ2) is 36.4. The Morgan fingerprint density at radius 1 is 0.878 bits per heavy atom. The molecule has 0 aliphatic heterocycles. The standard InChI is InChI=1S/C19H39O8P.C9H6OS.2Na.3H2/c1-2-3-4-5-6-7-8-9-10-11-12-13-14-19(21)27-18(15-25-17-20)16-26-28(22,23)24;1-3-4-5-6-7-8-11-9(2)10;;;;;/h18,20H,2-17H2,1H3,(H2,22,23,24);1-2H3;;;3*1H/q;;2*+1;;;/p-2/t18-;;;;;;/m0....../s1. The van der Waals surface area contributed by atoms with Crippen LogP contribution in [0.2, 0.25) is 0 Å². The van der Waals surface area contributed by atoms with Crippen LogP contribution in [0.3, 0.4) is 0 Å². The fourth-order valence-electron chi connectivity index (χ4n) is 3.08. The molecule has 0 aliphatic carbocycles. The van der Waals surface area contributed by atoms with Crippen molar-refractivity contribution in [3.05, 3.63) is 0 Å². The molecule has 0 unspecified atom stereocenters. The first-order chi connectivity index (χ1) is 18.7. The number of rotatable bonds is 20. The van der Waals surface area contributed by atoms with E-state index in [1.165, 1.54) is 58.3 Å². The van der Waals surface area contributed by atoms with E-state index in [-0.39, 0.29) is 81.5 Å². The van der Waals surface area contributed by atoms with Gasteiger partial charge in [0.15, 0.2) is 5.12 Å². The Balaban J connectivity index is -0.000000147. The molecule has 1 N–H and O–H groups in total. The summed E-state index contributed by atoms with van der Waals surface area (Å²) >= 11 is 0.939. The number of aliphatic hydroxyl groups is 1. The van der Waals surface area contributed by atoms with Crippen LogP contribution in [-0.4, -0.2) is 42.3 Å². The van der Waals surface area contributed by atoms with E-state index >= 15 is 0 Å². The number of thioether (sulfide) groups is 1. The quantitative estimate of drug-likeness (QED) is 0.0431. The molecule has 0 saturated heterocycles. The average molecular weight is 639 g/mol. The Bertz CT molecular complexity index is 896. The van der Waals surface area contributed by atoms with Gasteiger partial charge >= 0.3 is 65.1 Å². The van der Waals surface area contributed by atoms with Gasteiger partial charge in [-0.1, -0.05) is 83.5 Å².